The Labute approximate surface area is 157 Å². The molecule has 6 nitrogen and oxygen atoms in total. The second-order valence-electron chi connectivity index (χ2n) is 6.45. The fourth-order valence-electron chi connectivity index (χ4n) is 3.62. The molecule has 0 spiro atoms. The van der Waals surface area contributed by atoms with Crippen LogP contribution in [0.2, 0.25) is 0 Å². The first-order valence-corrected chi connectivity index (χ1v) is 8.84. The number of ether oxygens (including phenoxy) is 1. The zero-order valence-corrected chi connectivity index (χ0v) is 14.7. The number of fused-ring (bicyclic) bond motifs is 1. The fourth-order valence-corrected chi connectivity index (χ4v) is 3.62. The van der Waals surface area contributed by atoms with Gasteiger partial charge in [0.1, 0.15) is 5.69 Å². The van der Waals surface area contributed by atoms with Gasteiger partial charge in [0.15, 0.2) is 0 Å². The lowest BCUT2D eigenvalue weighted by Crippen LogP contribution is -2.39. The van der Waals surface area contributed by atoms with Gasteiger partial charge < -0.3 is 4.74 Å². The number of rotatable bonds is 4. The Bertz CT molecular complexity index is 1000. The van der Waals surface area contributed by atoms with Gasteiger partial charge in [-0.15, -0.1) is 4.91 Å². The molecule has 0 aliphatic carbocycles. The molecule has 27 heavy (non-hydrogen) atoms. The highest BCUT2D eigenvalue weighted by atomic mass is 16.5. The number of pyridine rings is 1. The maximum atomic E-state index is 11.8. The molecule has 0 saturated carbocycles. The number of morpholine rings is 1. The third-order valence-corrected chi connectivity index (χ3v) is 4.93. The zero-order chi connectivity index (χ0) is 18.6. The molecule has 1 fully saturated rings. The van der Waals surface area contributed by atoms with Crippen LogP contribution in [0.5, 0.6) is 0 Å². The van der Waals surface area contributed by atoms with Crippen LogP contribution in [0.4, 0.5) is 5.69 Å². The Morgan fingerprint density at radius 3 is 2.59 bits per heavy atom. The summed E-state index contributed by atoms with van der Waals surface area (Å²) in [4.78, 5) is 18.4. The second kappa shape index (κ2) is 7.62. The van der Waals surface area contributed by atoms with Crippen molar-refractivity contribution >= 4 is 16.6 Å². The molecule has 0 bridgehead atoms. The van der Waals surface area contributed by atoms with Crippen molar-refractivity contribution in [2.24, 2.45) is 5.18 Å². The van der Waals surface area contributed by atoms with E-state index in [2.05, 4.69) is 21.1 Å². The van der Waals surface area contributed by atoms with E-state index >= 15 is 0 Å². The number of hydrogen-bond donors (Lipinski definition) is 0. The SMILES string of the molecule is N#Cc1ccc(C(c2ccc3cccnc3c2N=O)N2CCOCC2)cc1. The Hall–Kier alpha value is -3.14. The van der Waals surface area contributed by atoms with E-state index in [1.807, 2.05) is 36.4 Å². The first-order valence-electron chi connectivity index (χ1n) is 8.84. The van der Waals surface area contributed by atoms with E-state index in [1.54, 1.807) is 18.3 Å². The maximum Gasteiger partial charge on any atom is 0.139 e. The molecule has 1 unspecified atom stereocenters. The maximum absolute atomic E-state index is 11.8. The molecule has 6 heteroatoms. The van der Waals surface area contributed by atoms with Gasteiger partial charge in [0.25, 0.3) is 0 Å². The Balaban J connectivity index is 1.88. The second-order valence-corrected chi connectivity index (χ2v) is 6.45. The highest BCUT2D eigenvalue weighted by Gasteiger charge is 2.28. The van der Waals surface area contributed by atoms with Crippen molar-refractivity contribution < 1.29 is 4.74 Å². The predicted octanol–water partition coefficient (Wildman–Crippen LogP) is 3.93. The molecule has 2 heterocycles. The summed E-state index contributed by atoms with van der Waals surface area (Å²) in [5.74, 6) is 0. The van der Waals surface area contributed by atoms with E-state index in [0.29, 0.717) is 30.0 Å². The minimum atomic E-state index is -0.152. The molecule has 0 N–H and O–H groups in total. The lowest BCUT2D eigenvalue weighted by Gasteiger charge is -2.35. The largest absolute Gasteiger partial charge is 0.379 e. The summed E-state index contributed by atoms with van der Waals surface area (Å²) in [5, 5.41) is 13.3. The molecule has 3 aromatic rings. The first kappa shape index (κ1) is 17.3. The van der Waals surface area contributed by atoms with E-state index in [9.17, 15) is 4.91 Å². The summed E-state index contributed by atoms with van der Waals surface area (Å²) in [6.07, 6.45) is 1.67. The van der Waals surface area contributed by atoms with Gasteiger partial charge >= 0.3 is 0 Å². The summed E-state index contributed by atoms with van der Waals surface area (Å²) < 4.78 is 5.50. The van der Waals surface area contributed by atoms with Crippen molar-refractivity contribution in [1.29, 1.82) is 5.26 Å². The molecular weight excluding hydrogens is 340 g/mol. The quantitative estimate of drug-likeness (QED) is 0.660. The molecule has 1 aliphatic heterocycles. The van der Waals surface area contributed by atoms with Gasteiger partial charge in [-0.25, -0.2) is 0 Å². The smallest absolute Gasteiger partial charge is 0.139 e. The van der Waals surface area contributed by atoms with E-state index in [0.717, 1.165) is 29.6 Å². The van der Waals surface area contributed by atoms with Gasteiger partial charge in [-0.1, -0.05) is 30.3 Å². The molecule has 0 amide bonds. The molecular formula is C21H18N4O2. The number of nitriles is 1. The molecule has 0 radical (unpaired) electrons. The zero-order valence-electron chi connectivity index (χ0n) is 14.7. The summed E-state index contributed by atoms with van der Waals surface area (Å²) in [6, 6.07) is 17.2. The van der Waals surface area contributed by atoms with Gasteiger partial charge in [-0.2, -0.15) is 5.26 Å². The standard InChI is InChI=1S/C21H18N4O2/c22-14-15-3-5-17(6-4-15)21(25-10-12-27-13-11-25)18-8-7-16-2-1-9-23-19(16)20(18)24-26/h1-9,21H,10-13H2. The summed E-state index contributed by atoms with van der Waals surface area (Å²) in [6.45, 7) is 2.79. The van der Waals surface area contributed by atoms with Crippen LogP contribution in [0.25, 0.3) is 10.9 Å². The van der Waals surface area contributed by atoms with Crippen molar-refractivity contribution in [1.82, 2.24) is 9.88 Å². The van der Waals surface area contributed by atoms with E-state index in [4.69, 9.17) is 10.00 Å². The third-order valence-electron chi connectivity index (χ3n) is 4.93. The van der Waals surface area contributed by atoms with Crippen molar-refractivity contribution in [3.05, 3.63) is 76.3 Å². The van der Waals surface area contributed by atoms with Crippen molar-refractivity contribution in [2.45, 2.75) is 6.04 Å². The highest BCUT2D eigenvalue weighted by molar-refractivity contribution is 5.90. The minimum Gasteiger partial charge on any atom is -0.379 e. The van der Waals surface area contributed by atoms with Gasteiger partial charge in [0, 0.05) is 30.2 Å². The minimum absolute atomic E-state index is 0.152. The van der Waals surface area contributed by atoms with E-state index < -0.39 is 0 Å². The van der Waals surface area contributed by atoms with Crippen molar-refractivity contribution in [3.63, 3.8) is 0 Å². The molecule has 4 rings (SSSR count). The number of aromatic nitrogens is 1. The third kappa shape index (κ3) is 3.31. The van der Waals surface area contributed by atoms with Crippen LogP contribution in [0.1, 0.15) is 22.7 Å². The van der Waals surface area contributed by atoms with Gasteiger partial charge in [-0.05, 0) is 28.9 Å². The van der Waals surface area contributed by atoms with E-state index in [-0.39, 0.29) is 6.04 Å². The topological polar surface area (TPSA) is 78.6 Å². The van der Waals surface area contributed by atoms with Crippen LogP contribution in [-0.4, -0.2) is 36.2 Å². The van der Waals surface area contributed by atoms with E-state index in [1.165, 1.54) is 0 Å². The number of hydrogen-bond acceptors (Lipinski definition) is 6. The molecule has 1 saturated heterocycles. The van der Waals surface area contributed by atoms with Gasteiger partial charge in [-0.3, -0.25) is 9.88 Å². The lowest BCUT2D eigenvalue weighted by molar-refractivity contribution is 0.0240. The Morgan fingerprint density at radius 1 is 1.11 bits per heavy atom. The Kier molecular flexibility index (Phi) is 4.88. The average molecular weight is 358 g/mol. The highest BCUT2D eigenvalue weighted by Crippen LogP contribution is 2.38. The van der Waals surface area contributed by atoms with Crippen LogP contribution in [0.3, 0.4) is 0 Å². The normalized spacial score (nSPS) is 16.0. The monoisotopic (exact) mass is 358 g/mol. The van der Waals surface area contributed by atoms with Crippen molar-refractivity contribution in [3.8, 4) is 6.07 Å². The van der Waals surface area contributed by atoms with Gasteiger partial charge in [0.05, 0.1) is 36.4 Å². The number of benzene rings is 2. The molecule has 1 aliphatic rings. The van der Waals surface area contributed by atoms with Gasteiger partial charge in [0.2, 0.25) is 0 Å². The molecule has 1 atom stereocenters. The first-order chi connectivity index (χ1) is 13.3. The van der Waals surface area contributed by atoms with Crippen molar-refractivity contribution in [2.75, 3.05) is 26.3 Å². The van der Waals surface area contributed by atoms with Crippen LogP contribution in [0.15, 0.2) is 59.9 Å². The molecule has 2 aromatic carbocycles. The number of nitrogens with zero attached hydrogens (tertiary/aromatic N) is 4. The summed E-state index contributed by atoms with van der Waals surface area (Å²) in [5.41, 5.74) is 3.41. The van der Waals surface area contributed by atoms with Crippen LogP contribution < -0.4 is 0 Å². The number of nitroso groups, excluding NO2 is 1. The lowest BCUT2D eigenvalue weighted by atomic mass is 9.93. The average Bonchev–Trinajstić information content (AvgIpc) is 2.75. The Morgan fingerprint density at radius 2 is 1.89 bits per heavy atom. The van der Waals surface area contributed by atoms with Crippen LogP contribution in [-0.2, 0) is 4.74 Å². The molecule has 134 valence electrons. The summed E-state index contributed by atoms with van der Waals surface area (Å²) in [7, 11) is 0. The predicted molar refractivity (Wildman–Crippen MR) is 103 cm³/mol. The fraction of sp³-hybridized carbons (Fsp3) is 0.238. The summed E-state index contributed by atoms with van der Waals surface area (Å²) >= 11 is 0. The van der Waals surface area contributed by atoms with Crippen LogP contribution >= 0.6 is 0 Å². The van der Waals surface area contributed by atoms with Crippen LogP contribution in [0, 0.1) is 16.2 Å². The molecule has 1 aromatic heterocycles.